The van der Waals surface area contributed by atoms with Crippen molar-refractivity contribution in [3.63, 3.8) is 0 Å². The second-order valence-corrected chi connectivity index (χ2v) is 8.57. The van der Waals surface area contributed by atoms with E-state index in [9.17, 15) is 9.59 Å². The molecule has 1 aromatic rings. The van der Waals surface area contributed by atoms with Crippen LogP contribution in [0.15, 0.2) is 18.0 Å². The van der Waals surface area contributed by atoms with Crippen molar-refractivity contribution in [1.82, 2.24) is 14.8 Å². The predicted molar refractivity (Wildman–Crippen MR) is 107 cm³/mol. The van der Waals surface area contributed by atoms with Crippen molar-refractivity contribution in [2.24, 2.45) is 11.8 Å². The molecule has 2 aliphatic rings. The van der Waals surface area contributed by atoms with Crippen LogP contribution in [0.3, 0.4) is 0 Å². The molecule has 0 radical (unpaired) electrons. The number of rotatable bonds is 7. The third-order valence-corrected chi connectivity index (χ3v) is 5.69. The number of carbonyl (C=O) groups is 2. The van der Waals surface area contributed by atoms with Gasteiger partial charge >= 0.3 is 11.9 Å². The van der Waals surface area contributed by atoms with E-state index in [-0.39, 0.29) is 41.9 Å². The summed E-state index contributed by atoms with van der Waals surface area (Å²) in [5.41, 5.74) is 1.16. The van der Waals surface area contributed by atoms with E-state index in [1.807, 2.05) is 27.7 Å². The summed E-state index contributed by atoms with van der Waals surface area (Å²) in [7, 11) is 2.90. The van der Waals surface area contributed by atoms with Crippen LogP contribution >= 0.6 is 0 Å². The van der Waals surface area contributed by atoms with E-state index in [4.69, 9.17) is 18.9 Å². The summed E-state index contributed by atoms with van der Waals surface area (Å²) < 4.78 is 23.8. The molecule has 9 nitrogen and oxygen atoms in total. The van der Waals surface area contributed by atoms with Crippen molar-refractivity contribution in [3.8, 4) is 0 Å². The Morgan fingerprint density at radius 2 is 1.97 bits per heavy atom. The quantitative estimate of drug-likeness (QED) is 0.376. The van der Waals surface area contributed by atoms with Crippen LogP contribution in [0.2, 0.25) is 0 Å². The highest BCUT2D eigenvalue weighted by Crippen LogP contribution is 2.47. The number of ether oxygens (including phenoxy) is 4. The molecule has 1 saturated carbocycles. The maximum Gasteiger partial charge on any atom is 0.377 e. The Kier molecular flexibility index (Phi) is 6.62. The molecule has 30 heavy (non-hydrogen) atoms. The molecule has 2 aliphatic carbocycles. The molecule has 166 valence electrons. The molecule has 1 unspecified atom stereocenters. The van der Waals surface area contributed by atoms with Gasteiger partial charge in [0.1, 0.15) is 18.5 Å². The minimum absolute atomic E-state index is 0.00542. The van der Waals surface area contributed by atoms with E-state index in [2.05, 4.69) is 16.2 Å². The Balaban J connectivity index is 1.86. The number of aromatic nitrogens is 3. The summed E-state index contributed by atoms with van der Waals surface area (Å²) in [6, 6.07) is -0.225. The third-order valence-electron chi connectivity index (χ3n) is 5.69. The molecular formula is C21H31N3O6. The maximum atomic E-state index is 12.0. The summed E-state index contributed by atoms with van der Waals surface area (Å²) in [6.07, 6.45) is 5.35. The summed E-state index contributed by atoms with van der Waals surface area (Å²) in [6.45, 7) is 7.38. The van der Waals surface area contributed by atoms with E-state index in [1.165, 1.54) is 13.4 Å². The summed E-state index contributed by atoms with van der Waals surface area (Å²) in [4.78, 5) is 27.9. The number of methoxy groups -OCH3 is 2. The van der Waals surface area contributed by atoms with Crippen LogP contribution in [0, 0.1) is 11.8 Å². The van der Waals surface area contributed by atoms with E-state index in [0.717, 1.165) is 18.4 Å². The van der Waals surface area contributed by atoms with Gasteiger partial charge in [-0.15, -0.1) is 5.10 Å². The first-order chi connectivity index (χ1) is 14.1. The molecule has 0 amide bonds. The highest BCUT2D eigenvalue weighted by atomic mass is 16.7. The average molecular weight is 421 g/mol. The molecule has 0 spiro atoms. The second kappa shape index (κ2) is 8.85. The minimum atomic E-state index is -0.785. The number of carbonyl (C=O) groups excluding carboxylic acids is 2. The lowest BCUT2D eigenvalue weighted by Gasteiger charge is -2.31. The van der Waals surface area contributed by atoms with E-state index in [1.54, 1.807) is 11.8 Å². The lowest BCUT2D eigenvalue weighted by atomic mass is 9.87. The molecule has 3 rings (SSSR count). The van der Waals surface area contributed by atoms with Gasteiger partial charge in [0.2, 0.25) is 0 Å². The van der Waals surface area contributed by atoms with Gasteiger partial charge in [0.05, 0.1) is 19.1 Å². The summed E-state index contributed by atoms with van der Waals surface area (Å²) in [5, 5.41) is 4.33. The van der Waals surface area contributed by atoms with Gasteiger partial charge in [0.25, 0.3) is 5.82 Å². The lowest BCUT2D eigenvalue weighted by molar-refractivity contribution is -0.227. The van der Waals surface area contributed by atoms with Crippen LogP contribution in [0.5, 0.6) is 0 Å². The van der Waals surface area contributed by atoms with Gasteiger partial charge in [-0.3, -0.25) is 4.79 Å². The van der Waals surface area contributed by atoms with E-state index in [0.29, 0.717) is 6.42 Å². The Morgan fingerprint density at radius 3 is 2.60 bits per heavy atom. The Bertz CT molecular complexity index is 815. The smallest absolute Gasteiger partial charge is 0.377 e. The van der Waals surface area contributed by atoms with Gasteiger partial charge in [0, 0.05) is 13.5 Å². The van der Waals surface area contributed by atoms with Crippen molar-refractivity contribution in [1.29, 1.82) is 0 Å². The van der Waals surface area contributed by atoms with Crippen LogP contribution in [0.4, 0.5) is 0 Å². The van der Waals surface area contributed by atoms with Gasteiger partial charge in [-0.05, 0) is 38.2 Å². The van der Waals surface area contributed by atoms with Crippen molar-refractivity contribution in [2.45, 2.75) is 71.0 Å². The topological polar surface area (TPSA) is 102 Å². The van der Waals surface area contributed by atoms with Gasteiger partial charge < -0.3 is 18.9 Å². The molecule has 1 fully saturated rings. The average Bonchev–Trinajstić information content (AvgIpc) is 3.30. The van der Waals surface area contributed by atoms with Crippen LogP contribution in [0.1, 0.15) is 63.6 Å². The highest BCUT2D eigenvalue weighted by Gasteiger charge is 2.46. The molecule has 0 N–H and O–H groups in total. The van der Waals surface area contributed by atoms with Crippen LogP contribution < -0.4 is 0 Å². The summed E-state index contributed by atoms with van der Waals surface area (Å²) >= 11 is 0. The fourth-order valence-corrected chi connectivity index (χ4v) is 4.04. The Labute approximate surface area is 176 Å². The number of nitrogens with zero attached hydrogens (tertiary/aromatic N) is 3. The lowest BCUT2D eigenvalue weighted by Crippen LogP contribution is -2.35. The summed E-state index contributed by atoms with van der Waals surface area (Å²) in [5.74, 6) is -1.53. The van der Waals surface area contributed by atoms with E-state index >= 15 is 0 Å². The molecule has 0 aromatic carbocycles. The number of esters is 2. The molecular weight excluding hydrogens is 390 g/mol. The van der Waals surface area contributed by atoms with Crippen molar-refractivity contribution >= 4 is 11.9 Å². The fraction of sp³-hybridized carbons (Fsp3) is 0.714. The van der Waals surface area contributed by atoms with Crippen LogP contribution in [-0.2, 0) is 23.7 Å². The zero-order valence-electron chi connectivity index (χ0n) is 18.5. The second-order valence-electron chi connectivity index (χ2n) is 8.57. The third kappa shape index (κ3) is 4.73. The molecule has 1 heterocycles. The molecule has 0 aliphatic heterocycles. The first-order valence-electron chi connectivity index (χ1n) is 10.3. The molecule has 4 atom stereocenters. The van der Waals surface area contributed by atoms with Gasteiger partial charge in [-0.2, -0.15) is 0 Å². The monoisotopic (exact) mass is 421 g/mol. The van der Waals surface area contributed by atoms with Crippen molar-refractivity contribution < 1.29 is 28.5 Å². The van der Waals surface area contributed by atoms with E-state index < -0.39 is 11.8 Å². The maximum absolute atomic E-state index is 12.0. The normalized spacial score (nSPS) is 26.3. The molecule has 9 heteroatoms. The Hall–Kier alpha value is -2.26. The minimum Gasteiger partial charge on any atom is -0.463 e. The molecule has 1 aromatic heterocycles. The standard InChI is InChI=1S/C21H31N3O6/c1-12(2)19(25)29-14-7-8-15-13(9-14)10-16(30-21(3,4)28-6)17(15)24-11-22-18(23-24)20(26)27-5/h8,11-14,16-17H,7,9-10H2,1-6H3/t13?,14-,16+,17+/m0/s1. The number of hydrogen-bond donors (Lipinski definition) is 0. The SMILES string of the molecule is COC(=O)c1ncn([C@@H]2C3=CC[C@H](OC(=O)C(C)C)CC3C[C@H]2OC(C)(C)OC)n1. The van der Waals surface area contributed by atoms with Crippen LogP contribution in [0.25, 0.3) is 0 Å². The molecule has 0 bridgehead atoms. The first kappa shape index (κ1) is 22.4. The largest absolute Gasteiger partial charge is 0.463 e. The number of fused-ring (bicyclic) bond motifs is 1. The molecule has 0 saturated heterocycles. The first-order valence-corrected chi connectivity index (χ1v) is 10.3. The Morgan fingerprint density at radius 1 is 1.23 bits per heavy atom. The van der Waals surface area contributed by atoms with Gasteiger partial charge in [0.15, 0.2) is 5.79 Å². The highest BCUT2D eigenvalue weighted by molar-refractivity contribution is 5.84. The fourth-order valence-electron chi connectivity index (χ4n) is 4.04. The van der Waals surface area contributed by atoms with Gasteiger partial charge in [-0.1, -0.05) is 19.9 Å². The zero-order chi connectivity index (χ0) is 22.1. The zero-order valence-corrected chi connectivity index (χ0v) is 18.5. The van der Waals surface area contributed by atoms with Crippen molar-refractivity contribution in [2.75, 3.05) is 14.2 Å². The van der Waals surface area contributed by atoms with Crippen molar-refractivity contribution in [3.05, 3.63) is 23.8 Å². The van der Waals surface area contributed by atoms with Gasteiger partial charge in [-0.25, -0.2) is 14.5 Å². The number of hydrogen-bond acceptors (Lipinski definition) is 8. The predicted octanol–water partition coefficient (Wildman–Crippen LogP) is 2.68. The van der Waals surface area contributed by atoms with Crippen LogP contribution in [-0.4, -0.2) is 58.9 Å².